The number of para-hydroxylation sites is 1. The first-order chi connectivity index (χ1) is 13.1. The van der Waals surface area contributed by atoms with Crippen LogP contribution in [0, 0.1) is 11.7 Å². The van der Waals surface area contributed by atoms with Crippen molar-refractivity contribution in [2.75, 3.05) is 12.9 Å². The zero-order chi connectivity index (χ0) is 19.2. The monoisotopic (exact) mass is 387 g/mol. The van der Waals surface area contributed by atoms with Crippen LogP contribution < -0.4 is 9.47 Å². The fourth-order valence-corrected chi connectivity index (χ4v) is 3.34. The molecule has 0 radical (unpaired) electrons. The standard InChI is InChI=1S/C20H22FN3O2S/c1-14(2)13-27-20-23-22-19(24(20)18-7-5-4-6-17(18)21)12-26-16-10-8-15(25-3)9-11-16/h4-11,14H,12-13H2,1-3H3. The van der Waals surface area contributed by atoms with Crippen LogP contribution in [0.15, 0.2) is 53.7 Å². The minimum atomic E-state index is -0.325. The minimum absolute atomic E-state index is 0.176. The summed E-state index contributed by atoms with van der Waals surface area (Å²) < 4.78 is 27.1. The second kappa shape index (κ2) is 8.90. The summed E-state index contributed by atoms with van der Waals surface area (Å²) >= 11 is 1.56. The summed E-state index contributed by atoms with van der Waals surface area (Å²) in [5, 5.41) is 9.15. The van der Waals surface area contributed by atoms with Crippen LogP contribution in [0.1, 0.15) is 19.7 Å². The van der Waals surface area contributed by atoms with E-state index in [1.165, 1.54) is 6.07 Å². The van der Waals surface area contributed by atoms with Crippen LogP contribution in [0.25, 0.3) is 5.69 Å². The fraction of sp³-hybridized carbons (Fsp3) is 0.300. The van der Waals surface area contributed by atoms with E-state index in [9.17, 15) is 4.39 Å². The molecule has 0 aliphatic rings. The Balaban J connectivity index is 1.86. The molecule has 3 aromatic rings. The lowest BCUT2D eigenvalue weighted by Crippen LogP contribution is -2.08. The van der Waals surface area contributed by atoms with Crippen molar-refractivity contribution in [2.45, 2.75) is 25.6 Å². The van der Waals surface area contributed by atoms with Crippen LogP contribution in [0.2, 0.25) is 0 Å². The number of aromatic nitrogens is 3. The highest BCUT2D eigenvalue weighted by molar-refractivity contribution is 7.99. The zero-order valence-corrected chi connectivity index (χ0v) is 16.4. The number of rotatable bonds is 8. The molecule has 0 bridgehead atoms. The lowest BCUT2D eigenvalue weighted by atomic mass is 10.3. The molecular formula is C20H22FN3O2S. The molecule has 2 aromatic carbocycles. The molecule has 27 heavy (non-hydrogen) atoms. The van der Waals surface area contributed by atoms with Crippen molar-refractivity contribution in [3.8, 4) is 17.2 Å². The molecular weight excluding hydrogens is 365 g/mol. The highest BCUT2D eigenvalue weighted by atomic mass is 32.2. The van der Waals surface area contributed by atoms with Gasteiger partial charge in [0.1, 0.15) is 23.9 Å². The molecule has 0 saturated carbocycles. The van der Waals surface area contributed by atoms with E-state index in [0.29, 0.717) is 28.3 Å². The Labute approximate surface area is 162 Å². The molecule has 0 aliphatic heterocycles. The van der Waals surface area contributed by atoms with E-state index < -0.39 is 0 Å². The predicted molar refractivity (Wildman–Crippen MR) is 104 cm³/mol. The molecule has 0 unspecified atom stereocenters. The number of hydrogen-bond acceptors (Lipinski definition) is 5. The van der Waals surface area contributed by atoms with Gasteiger partial charge in [-0.1, -0.05) is 37.7 Å². The Bertz CT molecular complexity index is 881. The molecule has 7 heteroatoms. The van der Waals surface area contributed by atoms with E-state index >= 15 is 0 Å². The third-order valence-corrected chi connectivity index (χ3v) is 5.12. The first-order valence-corrected chi connectivity index (χ1v) is 9.66. The number of benzene rings is 2. The second-order valence-electron chi connectivity index (χ2n) is 6.35. The maximum atomic E-state index is 14.4. The normalized spacial score (nSPS) is 11.0. The van der Waals surface area contributed by atoms with Gasteiger partial charge in [0.15, 0.2) is 11.0 Å². The number of methoxy groups -OCH3 is 1. The summed E-state index contributed by atoms with van der Waals surface area (Å²) in [6.07, 6.45) is 0. The third kappa shape index (κ3) is 4.80. The minimum Gasteiger partial charge on any atom is -0.497 e. The van der Waals surface area contributed by atoms with Crippen molar-refractivity contribution < 1.29 is 13.9 Å². The number of thioether (sulfide) groups is 1. The van der Waals surface area contributed by atoms with Crippen molar-refractivity contribution in [3.63, 3.8) is 0 Å². The summed E-state index contributed by atoms with van der Waals surface area (Å²) in [6.45, 7) is 4.44. The van der Waals surface area contributed by atoms with E-state index in [4.69, 9.17) is 9.47 Å². The number of hydrogen-bond donors (Lipinski definition) is 0. The van der Waals surface area contributed by atoms with Crippen LogP contribution in [-0.4, -0.2) is 27.6 Å². The summed E-state index contributed by atoms with van der Waals surface area (Å²) in [7, 11) is 1.61. The van der Waals surface area contributed by atoms with Gasteiger partial charge in [0, 0.05) is 5.75 Å². The quantitative estimate of drug-likeness (QED) is 0.523. The molecule has 0 spiro atoms. The van der Waals surface area contributed by atoms with Gasteiger partial charge >= 0.3 is 0 Å². The molecule has 0 aliphatic carbocycles. The average molecular weight is 387 g/mol. The lowest BCUT2D eigenvalue weighted by molar-refractivity contribution is 0.292. The Morgan fingerprint density at radius 3 is 2.41 bits per heavy atom. The van der Waals surface area contributed by atoms with Crippen molar-refractivity contribution >= 4 is 11.8 Å². The molecule has 0 atom stereocenters. The first kappa shape index (κ1) is 19.2. The van der Waals surface area contributed by atoms with Gasteiger partial charge in [-0.25, -0.2) is 4.39 Å². The maximum absolute atomic E-state index is 14.4. The maximum Gasteiger partial charge on any atom is 0.196 e. The molecule has 0 N–H and O–H groups in total. The van der Waals surface area contributed by atoms with Gasteiger partial charge in [0.05, 0.1) is 12.8 Å². The molecule has 0 amide bonds. The molecule has 1 heterocycles. The van der Waals surface area contributed by atoms with Gasteiger partial charge in [-0.2, -0.15) is 0 Å². The van der Waals surface area contributed by atoms with Crippen LogP contribution in [-0.2, 0) is 6.61 Å². The third-order valence-electron chi connectivity index (χ3n) is 3.77. The van der Waals surface area contributed by atoms with Crippen molar-refractivity contribution in [2.24, 2.45) is 5.92 Å². The van der Waals surface area contributed by atoms with Gasteiger partial charge in [-0.3, -0.25) is 4.57 Å². The van der Waals surface area contributed by atoms with Crippen LogP contribution in [0.3, 0.4) is 0 Å². The molecule has 0 saturated heterocycles. The van der Waals surface area contributed by atoms with Gasteiger partial charge in [0.2, 0.25) is 0 Å². The van der Waals surface area contributed by atoms with Gasteiger partial charge < -0.3 is 9.47 Å². The van der Waals surface area contributed by atoms with E-state index in [1.54, 1.807) is 41.6 Å². The summed E-state index contributed by atoms with van der Waals surface area (Å²) in [5.41, 5.74) is 0.419. The van der Waals surface area contributed by atoms with Crippen LogP contribution in [0.4, 0.5) is 4.39 Å². The highest BCUT2D eigenvalue weighted by Gasteiger charge is 2.18. The summed E-state index contributed by atoms with van der Waals surface area (Å²) in [5.74, 6) is 3.00. The molecule has 1 aromatic heterocycles. The van der Waals surface area contributed by atoms with Crippen molar-refractivity contribution in [1.82, 2.24) is 14.8 Å². The van der Waals surface area contributed by atoms with Crippen molar-refractivity contribution in [3.05, 3.63) is 60.2 Å². The average Bonchev–Trinajstić information content (AvgIpc) is 3.08. The van der Waals surface area contributed by atoms with Crippen LogP contribution >= 0.6 is 11.8 Å². The summed E-state index contributed by atoms with van der Waals surface area (Å²) in [6, 6.07) is 13.9. The smallest absolute Gasteiger partial charge is 0.196 e. The van der Waals surface area contributed by atoms with Crippen molar-refractivity contribution in [1.29, 1.82) is 0 Å². The second-order valence-corrected chi connectivity index (χ2v) is 7.34. The zero-order valence-electron chi connectivity index (χ0n) is 15.6. The lowest BCUT2D eigenvalue weighted by Gasteiger charge is -2.12. The topological polar surface area (TPSA) is 49.2 Å². The molecule has 142 valence electrons. The SMILES string of the molecule is COc1ccc(OCc2nnc(SCC(C)C)n2-c2ccccc2F)cc1. The molecule has 5 nitrogen and oxygen atoms in total. The number of halogens is 1. The molecule has 0 fully saturated rings. The van der Waals surface area contributed by atoms with E-state index in [2.05, 4.69) is 24.0 Å². The van der Waals surface area contributed by atoms with Crippen LogP contribution in [0.5, 0.6) is 11.5 Å². The Hall–Kier alpha value is -2.54. The number of nitrogens with zero attached hydrogens (tertiary/aromatic N) is 3. The Kier molecular flexibility index (Phi) is 6.34. The van der Waals surface area contributed by atoms with E-state index in [1.807, 2.05) is 24.3 Å². The molecule has 3 rings (SSSR count). The summed E-state index contributed by atoms with van der Waals surface area (Å²) in [4.78, 5) is 0. The van der Waals surface area contributed by atoms with E-state index in [0.717, 1.165) is 11.5 Å². The largest absolute Gasteiger partial charge is 0.497 e. The van der Waals surface area contributed by atoms with Gasteiger partial charge in [0.25, 0.3) is 0 Å². The Morgan fingerprint density at radius 1 is 1.04 bits per heavy atom. The first-order valence-electron chi connectivity index (χ1n) is 8.67. The number of ether oxygens (including phenoxy) is 2. The predicted octanol–water partition coefficient (Wildman–Crippen LogP) is 4.74. The van der Waals surface area contributed by atoms with Gasteiger partial charge in [-0.15, -0.1) is 10.2 Å². The fourth-order valence-electron chi connectivity index (χ4n) is 2.42. The highest BCUT2D eigenvalue weighted by Crippen LogP contribution is 2.26. The Morgan fingerprint density at radius 2 is 1.74 bits per heavy atom. The van der Waals surface area contributed by atoms with E-state index in [-0.39, 0.29) is 12.4 Å². The van der Waals surface area contributed by atoms with Gasteiger partial charge in [-0.05, 0) is 42.3 Å².